The van der Waals surface area contributed by atoms with Crippen LogP contribution in [0.3, 0.4) is 0 Å². The maximum Gasteiger partial charge on any atom is 0.264 e. The molecule has 1 aliphatic rings. The van der Waals surface area contributed by atoms with E-state index >= 15 is 0 Å². The second kappa shape index (κ2) is 6.71. The molecule has 0 unspecified atom stereocenters. The molecule has 1 N–H and O–H groups in total. The summed E-state index contributed by atoms with van der Waals surface area (Å²) in [6.45, 7) is 0.751. The van der Waals surface area contributed by atoms with Crippen LogP contribution in [0.1, 0.15) is 5.56 Å². The van der Waals surface area contributed by atoms with Gasteiger partial charge in [-0.1, -0.05) is 35.9 Å². The summed E-state index contributed by atoms with van der Waals surface area (Å²) >= 11 is 5.93. The number of nitrogens with one attached hydrogen (secondary N) is 1. The summed E-state index contributed by atoms with van der Waals surface area (Å²) in [5.74, 6) is 1.10. The van der Waals surface area contributed by atoms with E-state index in [1.807, 2.05) is 42.5 Å². The fourth-order valence-electron chi connectivity index (χ4n) is 2.29. The van der Waals surface area contributed by atoms with Crippen molar-refractivity contribution in [2.45, 2.75) is 12.5 Å². The van der Waals surface area contributed by atoms with Crippen molar-refractivity contribution in [3.63, 3.8) is 0 Å². The minimum Gasteiger partial charge on any atom is -0.485 e. The predicted molar refractivity (Wildman–Crippen MR) is 84.5 cm³/mol. The van der Waals surface area contributed by atoms with Gasteiger partial charge in [0.1, 0.15) is 6.61 Å². The molecule has 0 spiro atoms. The molecule has 5 heteroatoms. The minimum atomic E-state index is -0.616. The van der Waals surface area contributed by atoms with Gasteiger partial charge >= 0.3 is 0 Å². The Bertz CT molecular complexity index is 674. The molecule has 0 bridgehead atoms. The highest BCUT2D eigenvalue weighted by molar-refractivity contribution is 6.30. The molecular weight excluding hydrogens is 302 g/mol. The van der Waals surface area contributed by atoms with Crippen LogP contribution in [0.2, 0.25) is 5.02 Å². The quantitative estimate of drug-likeness (QED) is 0.943. The molecule has 0 fully saturated rings. The predicted octanol–water partition coefficient (Wildman–Crippen LogP) is 2.84. The molecule has 0 saturated heterocycles. The van der Waals surface area contributed by atoms with Crippen LogP contribution in [-0.2, 0) is 11.2 Å². The number of rotatable bonds is 4. The van der Waals surface area contributed by atoms with Crippen LogP contribution in [0.4, 0.5) is 0 Å². The molecule has 1 atom stereocenters. The number of benzene rings is 2. The molecule has 0 radical (unpaired) electrons. The Labute approximate surface area is 134 Å². The van der Waals surface area contributed by atoms with Gasteiger partial charge in [0.05, 0.1) is 0 Å². The number of hydrogen-bond donors (Lipinski definition) is 1. The third-order valence-corrected chi connectivity index (χ3v) is 3.64. The van der Waals surface area contributed by atoms with Crippen molar-refractivity contribution in [2.24, 2.45) is 0 Å². The number of amides is 1. The number of fused-ring (bicyclic) bond motifs is 1. The average Bonchev–Trinajstić information content (AvgIpc) is 2.54. The number of hydrogen-bond acceptors (Lipinski definition) is 3. The lowest BCUT2D eigenvalue weighted by molar-refractivity contribution is -0.130. The van der Waals surface area contributed by atoms with Crippen molar-refractivity contribution in [3.05, 3.63) is 59.1 Å². The third-order valence-electron chi connectivity index (χ3n) is 3.40. The van der Waals surface area contributed by atoms with E-state index in [-0.39, 0.29) is 12.5 Å². The Morgan fingerprint density at radius 2 is 2.00 bits per heavy atom. The van der Waals surface area contributed by atoms with Crippen molar-refractivity contribution in [3.8, 4) is 11.5 Å². The Hall–Kier alpha value is -2.20. The zero-order valence-corrected chi connectivity index (χ0v) is 12.7. The van der Waals surface area contributed by atoms with Crippen LogP contribution >= 0.6 is 11.6 Å². The molecule has 2 aromatic carbocycles. The molecule has 0 saturated carbocycles. The SMILES string of the molecule is O=C(NCCc1cccc(Cl)c1)[C@H]1COc2ccccc2O1. The van der Waals surface area contributed by atoms with Crippen molar-refractivity contribution < 1.29 is 14.3 Å². The Morgan fingerprint density at radius 3 is 2.82 bits per heavy atom. The first kappa shape index (κ1) is 14.7. The fraction of sp³-hybridized carbons (Fsp3) is 0.235. The zero-order valence-electron chi connectivity index (χ0n) is 11.9. The van der Waals surface area contributed by atoms with Crippen molar-refractivity contribution in [2.75, 3.05) is 13.2 Å². The highest BCUT2D eigenvalue weighted by Crippen LogP contribution is 2.30. The molecule has 114 valence electrons. The van der Waals surface area contributed by atoms with Crippen LogP contribution in [0.5, 0.6) is 11.5 Å². The number of carbonyl (C=O) groups excluding carboxylic acids is 1. The molecule has 4 nitrogen and oxygen atoms in total. The van der Waals surface area contributed by atoms with Gasteiger partial charge in [-0.05, 0) is 36.2 Å². The largest absolute Gasteiger partial charge is 0.485 e. The van der Waals surface area contributed by atoms with E-state index in [0.717, 1.165) is 12.0 Å². The molecule has 2 aromatic rings. The summed E-state index contributed by atoms with van der Waals surface area (Å²) in [5.41, 5.74) is 1.08. The number of carbonyl (C=O) groups is 1. The lowest BCUT2D eigenvalue weighted by atomic mass is 10.1. The van der Waals surface area contributed by atoms with E-state index in [4.69, 9.17) is 21.1 Å². The Balaban J connectivity index is 1.51. The minimum absolute atomic E-state index is 0.170. The summed E-state index contributed by atoms with van der Waals surface area (Å²) in [7, 11) is 0. The molecule has 0 aliphatic carbocycles. The summed E-state index contributed by atoms with van der Waals surface area (Å²) in [6, 6.07) is 14.9. The summed E-state index contributed by atoms with van der Waals surface area (Å²) < 4.78 is 11.2. The van der Waals surface area contributed by atoms with E-state index in [1.165, 1.54) is 0 Å². The maximum absolute atomic E-state index is 12.1. The molecule has 1 amide bonds. The Kier molecular flexibility index (Phi) is 4.49. The van der Waals surface area contributed by atoms with Crippen molar-refractivity contribution >= 4 is 17.5 Å². The van der Waals surface area contributed by atoms with Gasteiger partial charge in [-0.3, -0.25) is 4.79 Å². The first-order chi connectivity index (χ1) is 10.7. The van der Waals surface area contributed by atoms with Gasteiger partial charge in [0.15, 0.2) is 11.5 Å². The van der Waals surface area contributed by atoms with Crippen LogP contribution < -0.4 is 14.8 Å². The van der Waals surface area contributed by atoms with Gasteiger partial charge in [-0.15, -0.1) is 0 Å². The smallest absolute Gasteiger partial charge is 0.264 e. The number of halogens is 1. The fourth-order valence-corrected chi connectivity index (χ4v) is 2.50. The number of para-hydroxylation sites is 2. The van der Waals surface area contributed by atoms with Gasteiger partial charge < -0.3 is 14.8 Å². The molecule has 1 aliphatic heterocycles. The average molecular weight is 318 g/mol. The highest BCUT2D eigenvalue weighted by Gasteiger charge is 2.26. The van der Waals surface area contributed by atoms with Crippen LogP contribution in [0, 0.1) is 0 Å². The van der Waals surface area contributed by atoms with E-state index in [0.29, 0.717) is 23.1 Å². The van der Waals surface area contributed by atoms with E-state index in [2.05, 4.69) is 5.32 Å². The van der Waals surface area contributed by atoms with Crippen LogP contribution in [0.25, 0.3) is 0 Å². The normalized spacial score (nSPS) is 16.1. The monoisotopic (exact) mass is 317 g/mol. The lowest BCUT2D eigenvalue weighted by Gasteiger charge is -2.25. The van der Waals surface area contributed by atoms with Crippen LogP contribution in [0.15, 0.2) is 48.5 Å². The van der Waals surface area contributed by atoms with Crippen molar-refractivity contribution in [1.29, 1.82) is 0 Å². The van der Waals surface area contributed by atoms with Gasteiger partial charge in [0, 0.05) is 11.6 Å². The van der Waals surface area contributed by atoms with E-state index < -0.39 is 6.10 Å². The molecule has 1 heterocycles. The molecule has 3 rings (SSSR count). The summed E-state index contributed by atoms with van der Waals surface area (Å²) in [5, 5.41) is 3.56. The zero-order chi connectivity index (χ0) is 15.4. The molecule has 22 heavy (non-hydrogen) atoms. The van der Waals surface area contributed by atoms with E-state index in [9.17, 15) is 4.79 Å². The highest BCUT2D eigenvalue weighted by atomic mass is 35.5. The molecule has 0 aromatic heterocycles. The van der Waals surface area contributed by atoms with E-state index in [1.54, 1.807) is 6.07 Å². The lowest BCUT2D eigenvalue weighted by Crippen LogP contribution is -2.44. The van der Waals surface area contributed by atoms with Gasteiger partial charge in [0.25, 0.3) is 5.91 Å². The summed E-state index contributed by atoms with van der Waals surface area (Å²) in [6.07, 6.45) is 0.102. The standard InChI is InChI=1S/C17H16ClNO3/c18-13-5-3-4-12(10-13)8-9-19-17(20)16-11-21-14-6-1-2-7-15(14)22-16/h1-7,10,16H,8-9,11H2,(H,19,20)/t16-/m1/s1. The first-order valence-corrected chi connectivity index (χ1v) is 7.51. The molecular formula is C17H16ClNO3. The summed E-state index contributed by atoms with van der Waals surface area (Å²) in [4.78, 5) is 12.1. The Morgan fingerprint density at radius 1 is 1.18 bits per heavy atom. The van der Waals surface area contributed by atoms with Gasteiger partial charge in [-0.25, -0.2) is 0 Å². The van der Waals surface area contributed by atoms with Crippen LogP contribution in [-0.4, -0.2) is 25.2 Å². The topological polar surface area (TPSA) is 47.6 Å². The second-order valence-electron chi connectivity index (χ2n) is 5.04. The number of ether oxygens (including phenoxy) is 2. The van der Waals surface area contributed by atoms with Crippen molar-refractivity contribution in [1.82, 2.24) is 5.32 Å². The third kappa shape index (κ3) is 3.52. The van der Waals surface area contributed by atoms with Gasteiger partial charge in [-0.2, -0.15) is 0 Å². The second-order valence-corrected chi connectivity index (χ2v) is 5.47. The maximum atomic E-state index is 12.1. The first-order valence-electron chi connectivity index (χ1n) is 7.13. The van der Waals surface area contributed by atoms with Gasteiger partial charge in [0.2, 0.25) is 6.10 Å².